The molecule has 1 aromatic heterocycles. The normalized spacial score (nSPS) is 13.9. The lowest BCUT2D eigenvalue weighted by molar-refractivity contribution is 0.102. The van der Waals surface area contributed by atoms with E-state index in [9.17, 15) is 4.79 Å². The number of fused-ring (bicyclic) bond motifs is 1. The predicted octanol–water partition coefficient (Wildman–Crippen LogP) is 1.91. The van der Waals surface area contributed by atoms with E-state index in [0.29, 0.717) is 11.4 Å². The summed E-state index contributed by atoms with van der Waals surface area (Å²) in [6.07, 6.45) is 0.918. The Morgan fingerprint density at radius 1 is 1.37 bits per heavy atom. The quantitative estimate of drug-likeness (QED) is 0.710. The third-order valence-electron chi connectivity index (χ3n) is 3.16. The number of carbonyl (C=O) groups excluding carboxylic acids is 1. The molecule has 2 aromatic rings. The van der Waals surface area contributed by atoms with E-state index in [1.165, 1.54) is 0 Å². The molecule has 2 heterocycles. The van der Waals surface area contributed by atoms with Gasteiger partial charge in [-0.25, -0.2) is 0 Å². The van der Waals surface area contributed by atoms with Crippen molar-refractivity contribution in [2.24, 2.45) is 0 Å². The highest BCUT2D eigenvalue weighted by atomic mass is 127. The topological polar surface area (TPSA) is 69.8 Å². The highest BCUT2D eigenvalue weighted by molar-refractivity contribution is 14.1. The maximum absolute atomic E-state index is 12.2. The molecule has 5 nitrogen and oxygen atoms in total. The molecule has 98 valence electrons. The molecule has 1 amide bonds. The van der Waals surface area contributed by atoms with Gasteiger partial charge < -0.3 is 10.6 Å². The Morgan fingerprint density at radius 2 is 2.21 bits per heavy atom. The van der Waals surface area contributed by atoms with E-state index >= 15 is 0 Å². The number of aromatic amines is 1. The van der Waals surface area contributed by atoms with E-state index in [-0.39, 0.29) is 5.91 Å². The number of nitrogens with one attached hydrogen (secondary N) is 3. The Balaban J connectivity index is 1.84. The van der Waals surface area contributed by atoms with E-state index in [2.05, 4.69) is 43.4 Å². The minimum absolute atomic E-state index is 0.120. The summed E-state index contributed by atoms with van der Waals surface area (Å²) in [4.78, 5) is 12.2. The monoisotopic (exact) mass is 368 g/mol. The summed E-state index contributed by atoms with van der Waals surface area (Å²) in [7, 11) is 0. The highest BCUT2D eigenvalue weighted by Crippen LogP contribution is 2.21. The number of nitrogens with zero attached hydrogens (tertiary/aromatic N) is 1. The lowest BCUT2D eigenvalue weighted by Gasteiger charge is -2.13. The molecule has 19 heavy (non-hydrogen) atoms. The number of benzene rings is 1. The fourth-order valence-electron chi connectivity index (χ4n) is 2.15. The largest absolute Gasteiger partial charge is 0.312 e. The minimum atomic E-state index is -0.120. The maximum atomic E-state index is 12.2. The van der Waals surface area contributed by atoms with Crippen LogP contribution in [0, 0.1) is 3.57 Å². The fourth-order valence-corrected chi connectivity index (χ4v) is 2.78. The average Bonchev–Trinajstić information content (AvgIpc) is 2.83. The van der Waals surface area contributed by atoms with E-state index in [0.717, 1.165) is 34.3 Å². The molecule has 0 spiro atoms. The second kappa shape index (κ2) is 5.30. The van der Waals surface area contributed by atoms with Gasteiger partial charge in [0.15, 0.2) is 5.82 Å². The number of rotatable bonds is 2. The van der Waals surface area contributed by atoms with Crippen molar-refractivity contribution in [2.75, 3.05) is 11.9 Å². The van der Waals surface area contributed by atoms with Crippen molar-refractivity contribution >= 4 is 34.3 Å². The number of H-pyrrole nitrogens is 1. The van der Waals surface area contributed by atoms with Crippen LogP contribution in [-0.4, -0.2) is 22.6 Å². The van der Waals surface area contributed by atoms with E-state index < -0.39 is 0 Å². The first-order chi connectivity index (χ1) is 9.25. The van der Waals surface area contributed by atoms with Crippen molar-refractivity contribution in [3.63, 3.8) is 0 Å². The molecule has 1 aliphatic heterocycles. The molecule has 6 heteroatoms. The Morgan fingerprint density at radius 3 is 3.05 bits per heavy atom. The third kappa shape index (κ3) is 2.50. The van der Waals surface area contributed by atoms with Crippen LogP contribution in [-0.2, 0) is 13.0 Å². The Labute approximate surface area is 124 Å². The van der Waals surface area contributed by atoms with Crippen LogP contribution < -0.4 is 10.6 Å². The molecule has 0 saturated carbocycles. The van der Waals surface area contributed by atoms with Crippen LogP contribution in [0.25, 0.3) is 0 Å². The summed E-state index contributed by atoms with van der Waals surface area (Å²) < 4.78 is 0.931. The molecule has 1 aromatic carbocycles. The third-order valence-corrected chi connectivity index (χ3v) is 4.10. The van der Waals surface area contributed by atoms with Gasteiger partial charge in [0.1, 0.15) is 0 Å². The summed E-state index contributed by atoms with van der Waals surface area (Å²) in [6.45, 7) is 1.69. The number of carbonyl (C=O) groups is 1. The molecule has 1 aliphatic rings. The lowest BCUT2D eigenvalue weighted by atomic mass is 10.1. The number of anilines is 1. The van der Waals surface area contributed by atoms with Gasteiger partial charge in [-0.3, -0.25) is 9.89 Å². The molecular formula is C13H13IN4O. The standard InChI is InChI=1S/C13H13IN4O/c14-10-4-2-1-3-8(10)13(19)16-12-9-7-15-6-5-11(9)17-18-12/h1-4,15H,5-7H2,(H2,16,17,18,19). The van der Waals surface area contributed by atoms with Crippen LogP contribution in [0.3, 0.4) is 0 Å². The Bertz CT molecular complexity index is 623. The van der Waals surface area contributed by atoms with E-state index in [1.54, 1.807) is 0 Å². The van der Waals surface area contributed by atoms with Gasteiger partial charge in [0.2, 0.25) is 0 Å². The molecule has 0 fully saturated rings. The van der Waals surface area contributed by atoms with Gasteiger partial charge in [0.05, 0.1) is 5.56 Å². The highest BCUT2D eigenvalue weighted by Gasteiger charge is 2.19. The molecule has 0 atom stereocenters. The summed E-state index contributed by atoms with van der Waals surface area (Å²) in [5, 5.41) is 13.3. The fraction of sp³-hybridized carbons (Fsp3) is 0.231. The van der Waals surface area contributed by atoms with Crippen LogP contribution in [0.5, 0.6) is 0 Å². The van der Waals surface area contributed by atoms with Crippen molar-refractivity contribution in [3.8, 4) is 0 Å². The molecule has 0 radical (unpaired) electrons. The first-order valence-electron chi connectivity index (χ1n) is 6.08. The number of aromatic nitrogens is 2. The van der Waals surface area contributed by atoms with Crippen molar-refractivity contribution in [3.05, 3.63) is 44.7 Å². The van der Waals surface area contributed by atoms with Crippen LogP contribution >= 0.6 is 22.6 Å². The maximum Gasteiger partial charge on any atom is 0.257 e. The van der Waals surface area contributed by atoms with Crippen LogP contribution in [0.15, 0.2) is 24.3 Å². The molecule has 3 N–H and O–H groups in total. The molecular weight excluding hydrogens is 355 g/mol. The summed E-state index contributed by atoms with van der Waals surface area (Å²) in [5.41, 5.74) is 2.84. The summed E-state index contributed by atoms with van der Waals surface area (Å²) >= 11 is 2.16. The summed E-state index contributed by atoms with van der Waals surface area (Å²) in [6, 6.07) is 7.50. The van der Waals surface area contributed by atoms with Gasteiger partial charge in [0.25, 0.3) is 5.91 Å². The van der Waals surface area contributed by atoms with Gasteiger partial charge in [-0.15, -0.1) is 0 Å². The molecule has 0 unspecified atom stereocenters. The van der Waals surface area contributed by atoms with Gasteiger partial charge in [0, 0.05) is 34.3 Å². The average molecular weight is 368 g/mol. The predicted molar refractivity (Wildman–Crippen MR) is 81.1 cm³/mol. The van der Waals surface area contributed by atoms with Gasteiger partial charge >= 0.3 is 0 Å². The number of amides is 1. The minimum Gasteiger partial charge on any atom is -0.312 e. The summed E-state index contributed by atoms with van der Waals surface area (Å²) in [5.74, 6) is 0.511. The van der Waals surface area contributed by atoms with Crippen molar-refractivity contribution < 1.29 is 4.79 Å². The SMILES string of the molecule is O=C(Nc1n[nH]c2c1CNCC2)c1ccccc1I. The first kappa shape index (κ1) is 12.6. The van der Waals surface area contributed by atoms with Crippen LogP contribution in [0.2, 0.25) is 0 Å². The number of halogens is 1. The molecule has 0 aliphatic carbocycles. The second-order valence-electron chi connectivity index (χ2n) is 4.39. The van der Waals surface area contributed by atoms with Crippen molar-refractivity contribution in [1.29, 1.82) is 0 Å². The zero-order valence-electron chi connectivity index (χ0n) is 10.2. The first-order valence-corrected chi connectivity index (χ1v) is 7.16. The number of hydrogen-bond acceptors (Lipinski definition) is 3. The lowest BCUT2D eigenvalue weighted by Crippen LogP contribution is -2.24. The van der Waals surface area contributed by atoms with E-state index in [4.69, 9.17) is 0 Å². The smallest absolute Gasteiger partial charge is 0.257 e. The zero-order chi connectivity index (χ0) is 13.2. The van der Waals surface area contributed by atoms with Gasteiger partial charge in [-0.05, 0) is 34.7 Å². The Kier molecular flexibility index (Phi) is 3.52. The molecule has 0 bridgehead atoms. The number of hydrogen-bond donors (Lipinski definition) is 3. The van der Waals surface area contributed by atoms with Gasteiger partial charge in [-0.1, -0.05) is 12.1 Å². The van der Waals surface area contributed by atoms with Gasteiger partial charge in [-0.2, -0.15) is 5.10 Å². The van der Waals surface area contributed by atoms with Crippen LogP contribution in [0.1, 0.15) is 21.6 Å². The van der Waals surface area contributed by atoms with Crippen LogP contribution in [0.4, 0.5) is 5.82 Å². The molecule has 0 saturated heterocycles. The van der Waals surface area contributed by atoms with Crippen molar-refractivity contribution in [2.45, 2.75) is 13.0 Å². The molecule has 3 rings (SSSR count). The zero-order valence-corrected chi connectivity index (χ0v) is 12.3. The Hall–Kier alpha value is -1.41. The van der Waals surface area contributed by atoms with E-state index in [1.807, 2.05) is 24.3 Å². The second-order valence-corrected chi connectivity index (χ2v) is 5.55. The van der Waals surface area contributed by atoms with Crippen molar-refractivity contribution in [1.82, 2.24) is 15.5 Å².